The molecule has 0 fully saturated rings. The molecule has 54 heavy (non-hydrogen) atoms. The van der Waals surface area contributed by atoms with E-state index in [4.69, 9.17) is 4.98 Å². The van der Waals surface area contributed by atoms with Crippen LogP contribution in [0.4, 0.5) is 0 Å². The summed E-state index contributed by atoms with van der Waals surface area (Å²) in [6, 6.07) is 58.3. The number of benzene rings is 7. The van der Waals surface area contributed by atoms with Gasteiger partial charge >= 0.3 is 0 Å². The van der Waals surface area contributed by atoms with Crippen molar-refractivity contribution in [2.75, 3.05) is 0 Å². The Morgan fingerprint density at radius 3 is 1.44 bits per heavy atom. The van der Waals surface area contributed by atoms with Crippen LogP contribution in [0.15, 0.2) is 170 Å². The molecule has 254 valence electrons. The van der Waals surface area contributed by atoms with Crippen molar-refractivity contribution in [1.29, 1.82) is 5.26 Å². The van der Waals surface area contributed by atoms with Gasteiger partial charge in [0.1, 0.15) is 0 Å². The quantitative estimate of drug-likeness (QED) is 0.180. The van der Waals surface area contributed by atoms with E-state index in [-0.39, 0.29) is 0 Å². The lowest BCUT2D eigenvalue weighted by Gasteiger charge is -2.19. The number of hydrogen-bond acceptors (Lipinski definition) is 2. The normalized spacial score (nSPS) is 11.5. The summed E-state index contributed by atoms with van der Waals surface area (Å²) in [5.74, 6) is 0. The van der Waals surface area contributed by atoms with Crippen LogP contribution in [0.3, 0.4) is 0 Å². The van der Waals surface area contributed by atoms with Crippen molar-refractivity contribution < 1.29 is 0 Å². The summed E-state index contributed by atoms with van der Waals surface area (Å²) in [4.78, 5) is 5.00. The lowest BCUT2D eigenvalue weighted by Crippen LogP contribution is -2.05. The molecule has 0 amide bonds. The fourth-order valence-electron chi connectivity index (χ4n) is 8.41. The van der Waals surface area contributed by atoms with Gasteiger partial charge < -0.3 is 9.13 Å². The molecular weight excluding hydrogens is 657 g/mol. The minimum atomic E-state index is 0.608. The van der Waals surface area contributed by atoms with Crippen LogP contribution in [0.25, 0.3) is 88.4 Å². The first-order valence-electron chi connectivity index (χ1n) is 18.3. The smallest absolute Gasteiger partial charge is 0.0991 e. The molecule has 4 heteroatoms. The van der Waals surface area contributed by atoms with Crippen molar-refractivity contribution in [3.05, 3.63) is 187 Å². The highest BCUT2D eigenvalue weighted by molar-refractivity contribution is 6.13. The van der Waals surface area contributed by atoms with Crippen molar-refractivity contribution in [2.45, 2.75) is 13.8 Å². The predicted molar refractivity (Wildman–Crippen MR) is 223 cm³/mol. The molecule has 0 aliphatic heterocycles. The fraction of sp³-hybridized carbons (Fsp3) is 0.0400. The molecule has 0 aliphatic rings. The number of rotatable bonds is 5. The van der Waals surface area contributed by atoms with Crippen LogP contribution in [0.5, 0.6) is 0 Å². The van der Waals surface area contributed by atoms with Gasteiger partial charge in [-0.05, 0) is 101 Å². The van der Waals surface area contributed by atoms with E-state index in [0.29, 0.717) is 5.56 Å². The number of nitriles is 1. The second-order valence-corrected chi connectivity index (χ2v) is 14.0. The lowest BCUT2D eigenvalue weighted by atomic mass is 9.98. The topological polar surface area (TPSA) is 46.5 Å². The molecule has 10 aromatic rings. The van der Waals surface area contributed by atoms with E-state index in [9.17, 15) is 5.26 Å². The number of aromatic nitrogens is 3. The van der Waals surface area contributed by atoms with E-state index >= 15 is 0 Å². The number of nitrogens with zero attached hydrogens (tertiary/aromatic N) is 4. The third-order valence-electron chi connectivity index (χ3n) is 10.9. The largest absolute Gasteiger partial charge is 0.307 e. The summed E-state index contributed by atoms with van der Waals surface area (Å²) in [7, 11) is 0. The zero-order valence-corrected chi connectivity index (χ0v) is 30.0. The Hall–Kier alpha value is -7.22. The van der Waals surface area contributed by atoms with Gasteiger partial charge in [-0.25, -0.2) is 0 Å². The SMILES string of the molecule is Cc1ccccc1-c1ccc2c(c1)c1ccccc1n2-c1cncc(-n2c3ccccc3c3cc(-c4ccccc4C)ccc32)c1-c1cccc(C#N)c1. The van der Waals surface area contributed by atoms with Gasteiger partial charge in [-0.3, -0.25) is 4.98 Å². The molecule has 0 aliphatic carbocycles. The molecule has 3 aromatic heterocycles. The Kier molecular flexibility index (Phi) is 7.28. The van der Waals surface area contributed by atoms with Gasteiger partial charge in [-0.2, -0.15) is 5.26 Å². The molecular formula is C50H34N4. The van der Waals surface area contributed by atoms with Crippen molar-refractivity contribution >= 4 is 43.6 Å². The van der Waals surface area contributed by atoms with Gasteiger partial charge in [-0.15, -0.1) is 0 Å². The zero-order chi connectivity index (χ0) is 36.3. The molecule has 0 spiro atoms. The van der Waals surface area contributed by atoms with Gasteiger partial charge in [0.05, 0.1) is 57.5 Å². The van der Waals surface area contributed by atoms with Gasteiger partial charge in [0, 0.05) is 27.1 Å². The van der Waals surface area contributed by atoms with Crippen LogP contribution >= 0.6 is 0 Å². The van der Waals surface area contributed by atoms with E-state index < -0.39 is 0 Å². The molecule has 4 nitrogen and oxygen atoms in total. The summed E-state index contributed by atoms with van der Waals surface area (Å²) >= 11 is 0. The van der Waals surface area contributed by atoms with Crippen molar-refractivity contribution in [3.8, 4) is 50.8 Å². The lowest BCUT2D eigenvalue weighted by molar-refractivity contribution is 1.09. The maximum absolute atomic E-state index is 10.1. The van der Waals surface area contributed by atoms with Crippen LogP contribution in [-0.4, -0.2) is 14.1 Å². The Bertz CT molecular complexity index is 2970. The van der Waals surface area contributed by atoms with Gasteiger partial charge in [0.15, 0.2) is 0 Å². The highest BCUT2D eigenvalue weighted by Gasteiger charge is 2.23. The van der Waals surface area contributed by atoms with Crippen molar-refractivity contribution in [2.24, 2.45) is 0 Å². The third kappa shape index (κ3) is 4.87. The molecule has 0 unspecified atom stereocenters. The third-order valence-corrected chi connectivity index (χ3v) is 10.9. The minimum absolute atomic E-state index is 0.608. The average molecular weight is 691 g/mol. The Morgan fingerprint density at radius 1 is 0.444 bits per heavy atom. The summed E-state index contributed by atoms with van der Waals surface area (Å²) in [6.07, 6.45) is 3.95. The number of para-hydroxylation sites is 2. The van der Waals surface area contributed by atoms with Gasteiger partial charge in [-0.1, -0.05) is 109 Å². The predicted octanol–water partition coefficient (Wildman–Crippen LogP) is 12.8. The monoisotopic (exact) mass is 690 g/mol. The molecule has 3 heterocycles. The Balaban J connectivity index is 1.30. The molecule has 0 N–H and O–H groups in total. The molecule has 10 rings (SSSR count). The zero-order valence-electron chi connectivity index (χ0n) is 30.0. The molecule has 0 radical (unpaired) electrons. The van der Waals surface area contributed by atoms with Crippen LogP contribution < -0.4 is 0 Å². The number of aryl methyl sites for hydroxylation is 2. The fourth-order valence-corrected chi connectivity index (χ4v) is 8.41. The Labute approximate surface area is 313 Å². The van der Waals surface area contributed by atoms with Crippen molar-refractivity contribution in [1.82, 2.24) is 14.1 Å². The van der Waals surface area contributed by atoms with Gasteiger partial charge in [0.2, 0.25) is 0 Å². The summed E-state index contributed by atoms with van der Waals surface area (Å²) in [5, 5.41) is 14.8. The molecule has 7 aromatic carbocycles. The number of fused-ring (bicyclic) bond motifs is 6. The Morgan fingerprint density at radius 2 is 0.926 bits per heavy atom. The number of hydrogen-bond donors (Lipinski definition) is 0. The van der Waals surface area contributed by atoms with E-state index in [1.165, 1.54) is 54.9 Å². The second kappa shape index (κ2) is 12.5. The first-order chi connectivity index (χ1) is 26.6. The van der Waals surface area contributed by atoms with E-state index in [2.05, 4.69) is 169 Å². The van der Waals surface area contributed by atoms with E-state index in [1.807, 2.05) is 30.6 Å². The molecule has 0 bridgehead atoms. The van der Waals surface area contributed by atoms with Crippen molar-refractivity contribution in [3.63, 3.8) is 0 Å². The molecule has 0 saturated carbocycles. The molecule has 0 saturated heterocycles. The first-order valence-corrected chi connectivity index (χ1v) is 18.3. The minimum Gasteiger partial charge on any atom is -0.307 e. The summed E-state index contributed by atoms with van der Waals surface area (Å²) < 4.78 is 4.70. The maximum atomic E-state index is 10.1. The summed E-state index contributed by atoms with van der Waals surface area (Å²) in [6.45, 7) is 4.33. The summed E-state index contributed by atoms with van der Waals surface area (Å²) in [5.41, 5.74) is 16.1. The highest BCUT2D eigenvalue weighted by Crippen LogP contribution is 2.43. The van der Waals surface area contributed by atoms with E-state index in [1.54, 1.807) is 0 Å². The van der Waals surface area contributed by atoms with E-state index in [0.717, 1.165) is 44.6 Å². The van der Waals surface area contributed by atoms with Gasteiger partial charge in [0.25, 0.3) is 0 Å². The maximum Gasteiger partial charge on any atom is 0.0991 e. The first kappa shape index (κ1) is 31.5. The van der Waals surface area contributed by atoms with Crippen LogP contribution in [-0.2, 0) is 0 Å². The highest BCUT2D eigenvalue weighted by atomic mass is 15.0. The van der Waals surface area contributed by atoms with Crippen LogP contribution in [0, 0.1) is 25.2 Å². The number of pyridine rings is 1. The van der Waals surface area contributed by atoms with Crippen LogP contribution in [0.1, 0.15) is 16.7 Å². The second-order valence-electron chi connectivity index (χ2n) is 14.0. The van der Waals surface area contributed by atoms with Crippen LogP contribution in [0.2, 0.25) is 0 Å². The average Bonchev–Trinajstić information content (AvgIpc) is 3.73. The molecule has 0 atom stereocenters. The standard InChI is InChI=1S/C50H34N4/c1-32-12-3-5-16-38(32)35-22-24-46-42(27-35)40-18-7-9-20-44(40)53(46)48-30-52-31-49(50(48)37-15-11-14-34(26-37)29-51)54-45-21-10-8-19-41(45)43-28-36(23-25-47(43)54)39-17-6-4-13-33(39)2/h3-28,30-31H,1-2H3.